The van der Waals surface area contributed by atoms with Crippen molar-refractivity contribution in [1.82, 2.24) is 14.8 Å². The van der Waals surface area contributed by atoms with Gasteiger partial charge in [0.1, 0.15) is 5.69 Å². The van der Waals surface area contributed by atoms with E-state index in [0.717, 1.165) is 5.56 Å². The summed E-state index contributed by atoms with van der Waals surface area (Å²) in [6, 6.07) is 8.76. The molecule has 0 atom stereocenters. The minimum absolute atomic E-state index is 0.127. The molecule has 0 radical (unpaired) electrons. The second-order valence-electron chi connectivity index (χ2n) is 6.55. The van der Waals surface area contributed by atoms with E-state index in [1.807, 2.05) is 34.0 Å². The molecule has 1 aliphatic rings. The van der Waals surface area contributed by atoms with Crippen molar-refractivity contribution in [3.8, 4) is 0 Å². The van der Waals surface area contributed by atoms with Crippen LogP contribution in [0.15, 0.2) is 42.7 Å². The molecule has 2 heterocycles. The van der Waals surface area contributed by atoms with Crippen LogP contribution in [0, 0.1) is 0 Å². The Hall–Kier alpha value is -2.57. The number of aromatic amines is 1. The predicted molar refractivity (Wildman–Crippen MR) is 116 cm³/mol. The predicted octanol–water partition coefficient (Wildman–Crippen LogP) is 3.95. The highest BCUT2D eigenvalue weighted by Crippen LogP contribution is 2.24. The normalized spacial score (nSPS) is 14.1. The fraction of sp³-hybridized carbons (Fsp3) is 0.364. The lowest BCUT2D eigenvalue weighted by molar-refractivity contribution is 0.0299. The summed E-state index contributed by atoms with van der Waals surface area (Å²) in [7, 11) is 3.70. The van der Waals surface area contributed by atoms with Crippen molar-refractivity contribution in [1.29, 1.82) is 0 Å². The van der Waals surface area contributed by atoms with Gasteiger partial charge in [-0.2, -0.15) is 0 Å². The maximum atomic E-state index is 13.1. The molecule has 1 amide bonds. The van der Waals surface area contributed by atoms with Crippen molar-refractivity contribution in [3.05, 3.63) is 64.6 Å². The molecule has 1 aliphatic heterocycles. The number of aromatic nitrogens is 1. The minimum Gasteiger partial charge on any atom is -0.383 e. The Balaban J connectivity index is 0.00000145. The highest BCUT2D eigenvalue weighted by molar-refractivity contribution is 6.32. The Labute approximate surface area is 177 Å². The van der Waals surface area contributed by atoms with E-state index in [4.69, 9.17) is 16.3 Å². The number of ketones is 1. The average Bonchev–Trinajstić information content (AvgIpc) is 3.23. The molecule has 1 aromatic carbocycles. The number of halogens is 1. The summed E-state index contributed by atoms with van der Waals surface area (Å²) in [5, 5.41) is 0.558. The molecule has 156 valence electrons. The van der Waals surface area contributed by atoms with Gasteiger partial charge in [0, 0.05) is 55.7 Å². The van der Waals surface area contributed by atoms with Crippen molar-refractivity contribution in [3.63, 3.8) is 0 Å². The lowest BCUT2D eigenvalue weighted by Crippen LogP contribution is -2.40. The number of Topliss-reactive ketones (excluding diaryl/α,β-unsaturated/α-hetero) is 1. The van der Waals surface area contributed by atoms with Gasteiger partial charge in [-0.15, -0.1) is 0 Å². The third-order valence-corrected chi connectivity index (χ3v) is 4.48. The topological polar surface area (TPSA) is 65.6 Å². The highest BCUT2D eigenvalue weighted by Gasteiger charge is 2.22. The molecule has 29 heavy (non-hydrogen) atoms. The van der Waals surface area contributed by atoms with Crippen LogP contribution in [0.1, 0.15) is 40.3 Å². The molecule has 1 fully saturated rings. The molecule has 0 unspecified atom stereocenters. The van der Waals surface area contributed by atoms with Crippen LogP contribution in [0.5, 0.6) is 0 Å². The summed E-state index contributed by atoms with van der Waals surface area (Å²) in [6.45, 7) is 6.16. The molecule has 0 aliphatic carbocycles. The number of amides is 1. The van der Waals surface area contributed by atoms with Crippen molar-refractivity contribution in [2.75, 3.05) is 40.4 Å². The van der Waals surface area contributed by atoms with Gasteiger partial charge in [0.15, 0.2) is 5.78 Å². The van der Waals surface area contributed by atoms with Crippen LogP contribution in [-0.2, 0) is 4.74 Å². The number of hydrogen-bond acceptors (Lipinski definition) is 4. The smallest absolute Gasteiger partial charge is 0.270 e. The lowest BCUT2D eigenvalue weighted by Gasteiger charge is -2.26. The van der Waals surface area contributed by atoms with E-state index in [-0.39, 0.29) is 11.7 Å². The van der Waals surface area contributed by atoms with E-state index in [1.54, 1.807) is 46.5 Å². The maximum Gasteiger partial charge on any atom is 0.270 e. The first-order chi connectivity index (χ1) is 14.0. The molecule has 6 nitrogen and oxygen atoms in total. The molecule has 0 spiro atoms. The Kier molecular flexibility index (Phi) is 8.49. The first-order valence-corrected chi connectivity index (χ1v) is 10.1. The number of ether oxygens (including phenoxy) is 1. The Morgan fingerprint density at radius 1 is 1.14 bits per heavy atom. The highest BCUT2D eigenvalue weighted by atomic mass is 35.5. The number of morpholine rings is 1. The number of carbonyl (C=O) groups is 2. The van der Waals surface area contributed by atoms with Crippen LogP contribution in [0.25, 0.3) is 5.57 Å². The third kappa shape index (κ3) is 5.95. The molecule has 0 saturated carbocycles. The van der Waals surface area contributed by atoms with Crippen LogP contribution >= 0.6 is 11.6 Å². The van der Waals surface area contributed by atoms with E-state index in [9.17, 15) is 9.59 Å². The van der Waals surface area contributed by atoms with Gasteiger partial charge in [0.2, 0.25) is 0 Å². The molecule has 1 N–H and O–H groups in total. The van der Waals surface area contributed by atoms with Crippen LogP contribution in [0.2, 0.25) is 5.02 Å². The van der Waals surface area contributed by atoms with Crippen molar-refractivity contribution in [2.45, 2.75) is 13.8 Å². The van der Waals surface area contributed by atoms with Gasteiger partial charge in [-0.05, 0) is 23.8 Å². The summed E-state index contributed by atoms with van der Waals surface area (Å²) in [6.07, 6.45) is 3.33. The van der Waals surface area contributed by atoms with Crippen LogP contribution in [0.4, 0.5) is 0 Å². The zero-order valence-corrected chi connectivity index (χ0v) is 18.1. The van der Waals surface area contributed by atoms with Gasteiger partial charge in [-0.3, -0.25) is 9.59 Å². The Morgan fingerprint density at radius 3 is 2.45 bits per heavy atom. The molecule has 1 aromatic heterocycles. The minimum atomic E-state index is -0.178. The second kappa shape index (κ2) is 10.8. The van der Waals surface area contributed by atoms with Gasteiger partial charge >= 0.3 is 0 Å². The van der Waals surface area contributed by atoms with Crippen LogP contribution in [0.3, 0.4) is 0 Å². The van der Waals surface area contributed by atoms with Gasteiger partial charge in [-0.1, -0.05) is 37.6 Å². The van der Waals surface area contributed by atoms with Crippen molar-refractivity contribution < 1.29 is 14.3 Å². The van der Waals surface area contributed by atoms with Gasteiger partial charge in [0.05, 0.1) is 13.2 Å². The third-order valence-electron chi connectivity index (χ3n) is 4.24. The van der Waals surface area contributed by atoms with Gasteiger partial charge in [-0.25, -0.2) is 0 Å². The molecular formula is C22H28ClN3O3. The van der Waals surface area contributed by atoms with E-state index >= 15 is 0 Å². The largest absolute Gasteiger partial charge is 0.383 e. The zero-order valence-electron chi connectivity index (χ0n) is 17.4. The number of rotatable bonds is 5. The fourth-order valence-corrected chi connectivity index (χ4v) is 3.11. The number of carbonyl (C=O) groups excluding carboxylic acids is 2. The second-order valence-corrected chi connectivity index (χ2v) is 6.99. The molecule has 2 aromatic rings. The number of nitrogens with one attached hydrogen (secondary N) is 1. The Morgan fingerprint density at radius 2 is 1.83 bits per heavy atom. The van der Waals surface area contributed by atoms with Crippen molar-refractivity contribution >= 4 is 28.9 Å². The van der Waals surface area contributed by atoms with Gasteiger partial charge < -0.3 is 19.5 Å². The van der Waals surface area contributed by atoms with E-state index in [1.165, 1.54) is 0 Å². The standard InChI is InChI=1S/C20H22ClN3O3.C2H6/c1-23(2)13-17(14-4-3-5-16(21)10-14)19(25)15-11-18(22-12-15)20(26)24-6-8-27-9-7-24;1-2/h3-5,10-13,22H,6-9H2,1-2H3;1-2H3/b17-13+;. The first-order valence-electron chi connectivity index (χ1n) is 9.70. The van der Waals surface area contributed by atoms with E-state index in [2.05, 4.69) is 4.98 Å². The number of benzene rings is 1. The van der Waals surface area contributed by atoms with Crippen molar-refractivity contribution in [2.24, 2.45) is 0 Å². The van der Waals surface area contributed by atoms with E-state index < -0.39 is 0 Å². The SMILES string of the molecule is CC.CN(C)/C=C(/C(=O)c1c[nH]c(C(=O)N2CCOCC2)c1)c1cccc(Cl)c1. The number of nitrogens with zero attached hydrogens (tertiary/aromatic N) is 2. The molecular weight excluding hydrogens is 390 g/mol. The summed E-state index contributed by atoms with van der Waals surface area (Å²) in [5.74, 6) is -0.304. The lowest BCUT2D eigenvalue weighted by atomic mass is 9.99. The number of allylic oxidation sites excluding steroid dienone is 1. The monoisotopic (exact) mass is 417 g/mol. The Bertz CT molecular complexity index is 868. The molecule has 3 rings (SSSR count). The quantitative estimate of drug-likeness (QED) is 0.590. The van der Waals surface area contributed by atoms with E-state index in [0.29, 0.717) is 48.2 Å². The summed E-state index contributed by atoms with van der Waals surface area (Å²) < 4.78 is 5.28. The summed E-state index contributed by atoms with van der Waals surface area (Å²) in [4.78, 5) is 32.1. The van der Waals surface area contributed by atoms with Gasteiger partial charge in [0.25, 0.3) is 5.91 Å². The maximum absolute atomic E-state index is 13.1. The molecule has 1 saturated heterocycles. The fourth-order valence-electron chi connectivity index (χ4n) is 2.92. The van der Waals surface area contributed by atoms with Crippen LogP contribution < -0.4 is 0 Å². The number of hydrogen-bond donors (Lipinski definition) is 1. The van der Waals surface area contributed by atoms with Crippen LogP contribution in [-0.4, -0.2) is 66.9 Å². The summed E-state index contributed by atoms with van der Waals surface area (Å²) >= 11 is 6.09. The summed E-state index contributed by atoms with van der Waals surface area (Å²) in [5.41, 5.74) is 2.06. The molecule has 7 heteroatoms. The number of H-pyrrole nitrogens is 1. The first kappa shape index (κ1) is 22.7. The zero-order chi connectivity index (χ0) is 21.4. The molecule has 0 bridgehead atoms. The average molecular weight is 418 g/mol.